The van der Waals surface area contributed by atoms with E-state index in [1.165, 1.54) is 25.3 Å². The van der Waals surface area contributed by atoms with E-state index in [9.17, 15) is 18.4 Å². The smallest absolute Gasteiger partial charge is 0.337 e. The van der Waals surface area contributed by atoms with E-state index in [2.05, 4.69) is 5.32 Å². The summed E-state index contributed by atoms with van der Waals surface area (Å²) in [6.45, 7) is -0.821. The van der Waals surface area contributed by atoms with Crippen LogP contribution in [-0.2, 0) is 0 Å². The molecule has 1 aromatic carbocycles. The normalized spacial score (nSPS) is 10.1. The Hall–Kier alpha value is -2.38. The Kier molecular flexibility index (Phi) is 5.04. The first-order valence-corrected chi connectivity index (χ1v) is 5.18. The van der Waals surface area contributed by atoms with Crippen LogP contribution < -0.4 is 15.4 Å². The second-order valence-corrected chi connectivity index (χ2v) is 3.44. The highest BCUT2D eigenvalue weighted by Gasteiger charge is 2.14. The van der Waals surface area contributed by atoms with Crippen molar-refractivity contribution in [2.75, 3.05) is 19.0 Å². The molecule has 0 spiro atoms. The minimum Gasteiger partial charge on any atom is -0.497 e. The van der Waals surface area contributed by atoms with Crippen molar-refractivity contribution in [3.8, 4) is 5.75 Å². The molecule has 0 aliphatic rings. The average molecular weight is 274 g/mol. The maximum Gasteiger partial charge on any atom is 0.337 e. The van der Waals surface area contributed by atoms with Gasteiger partial charge in [-0.25, -0.2) is 18.4 Å². The fraction of sp³-hybridized carbons (Fsp3) is 0.273. The second-order valence-electron chi connectivity index (χ2n) is 3.44. The van der Waals surface area contributed by atoms with Gasteiger partial charge in [0.25, 0.3) is 6.43 Å². The third-order valence-corrected chi connectivity index (χ3v) is 2.12. The molecule has 0 atom stereocenters. The Balaban J connectivity index is 2.85. The standard InChI is InChI=1S/C11H12F2N2O4/c1-19-6-2-3-7(10(16)17)8(4-6)15-11(18)14-5-9(12)13/h2-4,9H,5H2,1H3,(H,16,17)(H2,14,15,18). The number of carbonyl (C=O) groups is 2. The molecule has 0 aromatic heterocycles. The molecular formula is C11H12F2N2O4. The largest absolute Gasteiger partial charge is 0.497 e. The summed E-state index contributed by atoms with van der Waals surface area (Å²) in [7, 11) is 1.37. The summed E-state index contributed by atoms with van der Waals surface area (Å²) in [5.41, 5.74) is -0.216. The lowest BCUT2D eigenvalue weighted by Crippen LogP contribution is -2.33. The maximum absolute atomic E-state index is 11.9. The number of carboxylic acid groups (broad SMARTS) is 1. The van der Waals surface area contributed by atoms with Crippen LogP contribution in [0, 0.1) is 0 Å². The highest BCUT2D eigenvalue weighted by atomic mass is 19.3. The number of hydrogen-bond acceptors (Lipinski definition) is 3. The average Bonchev–Trinajstić information content (AvgIpc) is 2.35. The van der Waals surface area contributed by atoms with Crippen LogP contribution in [0.2, 0.25) is 0 Å². The fourth-order valence-corrected chi connectivity index (χ4v) is 1.28. The van der Waals surface area contributed by atoms with E-state index in [4.69, 9.17) is 9.84 Å². The van der Waals surface area contributed by atoms with Crippen molar-refractivity contribution in [1.29, 1.82) is 0 Å². The molecule has 0 aliphatic carbocycles. The number of carbonyl (C=O) groups excluding carboxylic acids is 1. The van der Waals surface area contributed by atoms with Crippen molar-refractivity contribution in [2.45, 2.75) is 6.43 Å². The predicted octanol–water partition coefficient (Wildman–Crippen LogP) is 1.78. The zero-order chi connectivity index (χ0) is 14.4. The number of aromatic carboxylic acids is 1. The van der Waals surface area contributed by atoms with E-state index in [1.807, 2.05) is 5.32 Å². The van der Waals surface area contributed by atoms with Crippen LogP contribution in [0.5, 0.6) is 5.75 Å². The number of rotatable bonds is 5. The molecule has 104 valence electrons. The number of carboxylic acids is 1. The van der Waals surface area contributed by atoms with E-state index in [-0.39, 0.29) is 11.3 Å². The number of nitrogens with one attached hydrogen (secondary N) is 2. The van der Waals surface area contributed by atoms with Crippen LogP contribution in [0.3, 0.4) is 0 Å². The number of methoxy groups -OCH3 is 1. The summed E-state index contributed by atoms with van der Waals surface area (Å²) >= 11 is 0. The summed E-state index contributed by atoms with van der Waals surface area (Å²) in [4.78, 5) is 22.2. The lowest BCUT2D eigenvalue weighted by molar-refractivity contribution is 0.0698. The molecule has 0 fully saturated rings. The molecular weight excluding hydrogens is 262 g/mol. The van der Waals surface area contributed by atoms with Gasteiger partial charge >= 0.3 is 12.0 Å². The molecule has 0 radical (unpaired) electrons. The third-order valence-electron chi connectivity index (χ3n) is 2.12. The molecule has 0 bridgehead atoms. The number of ether oxygens (including phenoxy) is 1. The zero-order valence-electron chi connectivity index (χ0n) is 9.94. The van der Waals surface area contributed by atoms with Crippen molar-refractivity contribution < 1.29 is 28.2 Å². The first-order valence-electron chi connectivity index (χ1n) is 5.18. The van der Waals surface area contributed by atoms with Gasteiger partial charge in [-0.1, -0.05) is 0 Å². The minimum absolute atomic E-state index is 0.0429. The Labute approximate surface area is 107 Å². The molecule has 19 heavy (non-hydrogen) atoms. The monoisotopic (exact) mass is 274 g/mol. The van der Waals surface area contributed by atoms with Gasteiger partial charge in [0.1, 0.15) is 5.75 Å². The van der Waals surface area contributed by atoms with Crippen LogP contribution in [-0.4, -0.2) is 37.2 Å². The molecule has 8 heteroatoms. The number of anilines is 1. The van der Waals surface area contributed by atoms with E-state index in [0.717, 1.165) is 0 Å². The molecule has 2 amide bonds. The van der Waals surface area contributed by atoms with Crippen molar-refractivity contribution in [3.05, 3.63) is 23.8 Å². The second kappa shape index (κ2) is 6.53. The van der Waals surface area contributed by atoms with Gasteiger partial charge < -0.3 is 20.5 Å². The molecule has 0 aliphatic heterocycles. The number of alkyl halides is 2. The van der Waals surface area contributed by atoms with Gasteiger partial charge in [0.15, 0.2) is 0 Å². The number of hydrogen-bond donors (Lipinski definition) is 3. The number of urea groups is 1. The summed E-state index contributed by atoms with van der Waals surface area (Å²) in [5.74, 6) is -0.930. The van der Waals surface area contributed by atoms with Crippen LogP contribution in [0.15, 0.2) is 18.2 Å². The van der Waals surface area contributed by atoms with Gasteiger partial charge in [-0.2, -0.15) is 0 Å². The fourth-order valence-electron chi connectivity index (χ4n) is 1.28. The summed E-state index contributed by atoms with van der Waals surface area (Å²) in [5, 5.41) is 13.0. The van der Waals surface area contributed by atoms with Crippen LogP contribution in [0.1, 0.15) is 10.4 Å². The van der Waals surface area contributed by atoms with Gasteiger partial charge in [0, 0.05) is 6.07 Å². The van der Waals surface area contributed by atoms with Crippen molar-refractivity contribution in [3.63, 3.8) is 0 Å². The topological polar surface area (TPSA) is 87.7 Å². The number of benzene rings is 1. The van der Waals surface area contributed by atoms with Gasteiger partial charge in [-0.3, -0.25) is 0 Å². The van der Waals surface area contributed by atoms with Gasteiger partial charge in [-0.15, -0.1) is 0 Å². The summed E-state index contributed by atoms with van der Waals surface area (Å²) in [6.07, 6.45) is -2.69. The molecule has 3 N–H and O–H groups in total. The highest BCUT2D eigenvalue weighted by Crippen LogP contribution is 2.22. The first-order chi connectivity index (χ1) is 8.93. The number of halogens is 2. The molecule has 0 unspecified atom stereocenters. The lowest BCUT2D eigenvalue weighted by Gasteiger charge is -2.11. The predicted molar refractivity (Wildman–Crippen MR) is 63.0 cm³/mol. The first kappa shape index (κ1) is 14.7. The Bertz CT molecular complexity index is 480. The maximum atomic E-state index is 11.9. The van der Waals surface area contributed by atoms with Crippen molar-refractivity contribution >= 4 is 17.7 Å². The van der Waals surface area contributed by atoms with Crippen molar-refractivity contribution in [2.24, 2.45) is 0 Å². The van der Waals surface area contributed by atoms with Gasteiger partial charge in [-0.05, 0) is 12.1 Å². The Morgan fingerprint density at radius 1 is 1.42 bits per heavy atom. The molecule has 0 saturated heterocycles. The summed E-state index contributed by atoms with van der Waals surface area (Å²) in [6, 6.07) is 3.01. The van der Waals surface area contributed by atoms with E-state index in [1.54, 1.807) is 0 Å². The highest BCUT2D eigenvalue weighted by molar-refractivity contribution is 6.00. The van der Waals surface area contributed by atoms with E-state index >= 15 is 0 Å². The zero-order valence-corrected chi connectivity index (χ0v) is 9.94. The molecule has 6 nitrogen and oxygen atoms in total. The minimum atomic E-state index is -2.69. The van der Waals surface area contributed by atoms with Crippen LogP contribution >= 0.6 is 0 Å². The molecule has 1 rings (SSSR count). The Morgan fingerprint density at radius 2 is 2.11 bits per heavy atom. The quantitative estimate of drug-likeness (QED) is 0.763. The molecule has 0 heterocycles. The van der Waals surface area contributed by atoms with Crippen LogP contribution in [0.25, 0.3) is 0 Å². The lowest BCUT2D eigenvalue weighted by atomic mass is 10.1. The Morgan fingerprint density at radius 3 is 2.63 bits per heavy atom. The molecule has 0 saturated carbocycles. The number of amides is 2. The SMILES string of the molecule is COc1ccc(C(=O)O)c(NC(=O)NCC(F)F)c1. The summed E-state index contributed by atoms with van der Waals surface area (Å²) < 4.78 is 28.7. The third kappa shape index (κ3) is 4.41. The van der Waals surface area contributed by atoms with E-state index < -0.39 is 25.0 Å². The van der Waals surface area contributed by atoms with Crippen LogP contribution in [0.4, 0.5) is 19.3 Å². The molecule has 1 aromatic rings. The van der Waals surface area contributed by atoms with Gasteiger partial charge in [0.05, 0.1) is 24.9 Å². The van der Waals surface area contributed by atoms with E-state index in [0.29, 0.717) is 5.75 Å². The van der Waals surface area contributed by atoms with Crippen molar-refractivity contribution in [1.82, 2.24) is 5.32 Å². The van der Waals surface area contributed by atoms with Gasteiger partial charge in [0.2, 0.25) is 0 Å².